The van der Waals surface area contributed by atoms with Gasteiger partial charge in [0.25, 0.3) is 0 Å². The first kappa shape index (κ1) is 11.9. The number of hydrogen-bond acceptors (Lipinski definition) is 6. The molecule has 0 spiro atoms. The van der Waals surface area contributed by atoms with Crippen molar-refractivity contribution in [2.24, 2.45) is 5.73 Å². The number of aromatic nitrogens is 4. The van der Waals surface area contributed by atoms with Gasteiger partial charge in [-0.15, -0.1) is 10.2 Å². The van der Waals surface area contributed by atoms with Crippen LogP contribution < -0.4 is 11.1 Å². The Bertz CT molecular complexity index is 290. The molecule has 0 saturated heterocycles. The molecule has 15 heavy (non-hydrogen) atoms. The molecule has 0 aliphatic carbocycles. The molecule has 1 rings (SSSR count). The van der Waals surface area contributed by atoms with Gasteiger partial charge in [0.2, 0.25) is 5.91 Å². The van der Waals surface area contributed by atoms with E-state index in [-0.39, 0.29) is 12.5 Å². The minimum absolute atomic E-state index is 0.186. The summed E-state index contributed by atoms with van der Waals surface area (Å²) in [6, 6.07) is -0.468. The van der Waals surface area contributed by atoms with E-state index in [1.54, 1.807) is 11.8 Å². The normalized spacial score (nSPS) is 12.4. The van der Waals surface area contributed by atoms with Crippen molar-refractivity contribution in [2.45, 2.75) is 19.0 Å². The van der Waals surface area contributed by atoms with Crippen LogP contribution >= 0.6 is 11.8 Å². The molecule has 1 amide bonds. The van der Waals surface area contributed by atoms with E-state index >= 15 is 0 Å². The van der Waals surface area contributed by atoms with Gasteiger partial charge in [-0.2, -0.15) is 17.0 Å². The van der Waals surface area contributed by atoms with Gasteiger partial charge in [-0.05, 0) is 18.4 Å². The Balaban J connectivity index is 2.23. The lowest BCUT2D eigenvalue weighted by Gasteiger charge is -2.09. The number of rotatable bonds is 6. The molecule has 1 aromatic heterocycles. The lowest BCUT2D eigenvalue weighted by Crippen LogP contribution is -2.40. The van der Waals surface area contributed by atoms with Crippen LogP contribution in [0.2, 0.25) is 0 Å². The van der Waals surface area contributed by atoms with Crippen LogP contribution in [0.1, 0.15) is 12.2 Å². The standard InChI is InChI=1S/C7H14N6OS/c1-15-3-2-5(8)7(14)9-4-6-10-12-13-11-6/h5H,2-4,8H2,1H3,(H,9,14)(H,10,11,12,13)/t5-/m1/s1. The van der Waals surface area contributed by atoms with Crippen molar-refractivity contribution in [3.8, 4) is 0 Å². The third-order valence-electron chi connectivity index (χ3n) is 1.78. The number of thioether (sulfide) groups is 1. The molecule has 1 atom stereocenters. The Morgan fingerprint density at radius 2 is 2.53 bits per heavy atom. The molecule has 0 radical (unpaired) electrons. The highest BCUT2D eigenvalue weighted by molar-refractivity contribution is 7.98. The number of nitrogens with two attached hydrogens (primary N) is 1. The van der Waals surface area contributed by atoms with Crippen LogP contribution in [0.5, 0.6) is 0 Å². The first-order chi connectivity index (χ1) is 7.24. The molecule has 0 bridgehead atoms. The van der Waals surface area contributed by atoms with E-state index in [2.05, 4.69) is 25.9 Å². The van der Waals surface area contributed by atoms with Crippen LogP contribution in [0.15, 0.2) is 0 Å². The summed E-state index contributed by atoms with van der Waals surface area (Å²) >= 11 is 1.66. The Hall–Kier alpha value is -1.15. The zero-order valence-corrected chi connectivity index (χ0v) is 9.25. The van der Waals surface area contributed by atoms with Crippen LogP contribution in [-0.4, -0.2) is 44.6 Å². The summed E-state index contributed by atoms with van der Waals surface area (Å²) in [7, 11) is 0. The maximum Gasteiger partial charge on any atom is 0.237 e. The second kappa shape index (κ2) is 6.36. The van der Waals surface area contributed by atoms with Crippen molar-refractivity contribution in [3.05, 3.63) is 5.82 Å². The summed E-state index contributed by atoms with van der Waals surface area (Å²) in [5, 5.41) is 15.7. The number of carbonyl (C=O) groups excluding carboxylic acids is 1. The summed E-state index contributed by atoms with van der Waals surface area (Å²) in [4.78, 5) is 11.4. The predicted molar refractivity (Wildman–Crippen MR) is 57.0 cm³/mol. The summed E-state index contributed by atoms with van der Waals surface area (Å²) in [5.41, 5.74) is 5.65. The van der Waals surface area contributed by atoms with Gasteiger partial charge in [0.05, 0.1) is 12.6 Å². The van der Waals surface area contributed by atoms with Crippen LogP contribution in [0.4, 0.5) is 0 Å². The molecule has 0 aliphatic rings. The van der Waals surface area contributed by atoms with E-state index in [4.69, 9.17) is 5.73 Å². The summed E-state index contributed by atoms with van der Waals surface area (Å²) in [6.45, 7) is 0.252. The number of aromatic amines is 1. The maximum absolute atomic E-state index is 11.4. The number of nitrogens with one attached hydrogen (secondary N) is 2. The number of nitrogens with zero attached hydrogens (tertiary/aromatic N) is 3. The summed E-state index contributed by atoms with van der Waals surface area (Å²) in [6.07, 6.45) is 2.64. The van der Waals surface area contributed by atoms with Gasteiger partial charge in [0.1, 0.15) is 0 Å². The maximum atomic E-state index is 11.4. The van der Waals surface area contributed by atoms with Crippen molar-refractivity contribution < 1.29 is 4.79 Å². The van der Waals surface area contributed by atoms with Crippen LogP contribution in [0.25, 0.3) is 0 Å². The van der Waals surface area contributed by atoms with Crippen LogP contribution in [0, 0.1) is 0 Å². The number of H-pyrrole nitrogens is 1. The fourth-order valence-corrected chi connectivity index (χ4v) is 1.42. The largest absolute Gasteiger partial charge is 0.347 e. The number of amides is 1. The third-order valence-corrected chi connectivity index (χ3v) is 2.42. The fourth-order valence-electron chi connectivity index (χ4n) is 0.931. The second-order valence-corrected chi connectivity index (χ2v) is 3.92. The molecule has 7 nitrogen and oxygen atoms in total. The van der Waals surface area contributed by atoms with Gasteiger partial charge >= 0.3 is 0 Å². The molecular formula is C7H14N6OS. The zero-order chi connectivity index (χ0) is 11.1. The molecule has 1 aromatic rings. The summed E-state index contributed by atoms with van der Waals surface area (Å²) < 4.78 is 0. The smallest absolute Gasteiger partial charge is 0.237 e. The van der Waals surface area contributed by atoms with Crippen molar-refractivity contribution in [1.29, 1.82) is 0 Å². The van der Waals surface area contributed by atoms with Gasteiger partial charge in [0.15, 0.2) is 5.82 Å². The molecule has 0 aliphatic heterocycles. The van der Waals surface area contributed by atoms with E-state index in [1.807, 2.05) is 6.26 Å². The van der Waals surface area contributed by atoms with Gasteiger partial charge in [-0.1, -0.05) is 5.21 Å². The fraction of sp³-hybridized carbons (Fsp3) is 0.714. The predicted octanol–water partition coefficient (Wildman–Crippen LogP) is -1.10. The molecule has 0 fully saturated rings. The van der Waals surface area contributed by atoms with Gasteiger partial charge in [0, 0.05) is 0 Å². The van der Waals surface area contributed by atoms with E-state index in [0.717, 1.165) is 5.75 Å². The molecule has 4 N–H and O–H groups in total. The van der Waals surface area contributed by atoms with Crippen molar-refractivity contribution in [2.75, 3.05) is 12.0 Å². The van der Waals surface area contributed by atoms with Gasteiger partial charge in [-0.25, -0.2) is 0 Å². The topological polar surface area (TPSA) is 110 Å². The highest BCUT2D eigenvalue weighted by atomic mass is 32.2. The zero-order valence-electron chi connectivity index (χ0n) is 8.43. The first-order valence-electron chi connectivity index (χ1n) is 4.48. The molecule has 0 unspecified atom stereocenters. The quantitative estimate of drug-likeness (QED) is 0.572. The monoisotopic (exact) mass is 230 g/mol. The average Bonchev–Trinajstić information content (AvgIpc) is 2.75. The third kappa shape index (κ3) is 4.26. The molecule has 0 aromatic carbocycles. The van der Waals surface area contributed by atoms with Gasteiger partial charge < -0.3 is 11.1 Å². The molecule has 84 valence electrons. The Morgan fingerprint density at radius 3 is 3.13 bits per heavy atom. The van der Waals surface area contributed by atoms with Crippen molar-refractivity contribution >= 4 is 17.7 Å². The Labute approximate surface area is 91.6 Å². The number of hydrogen-bond donors (Lipinski definition) is 3. The van der Waals surface area contributed by atoms with E-state index in [0.29, 0.717) is 12.2 Å². The van der Waals surface area contributed by atoms with Crippen LogP contribution in [-0.2, 0) is 11.3 Å². The minimum atomic E-state index is -0.468. The second-order valence-electron chi connectivity index (χ2n) is 2.93. The Kier molecular flexibility index (Phi) is 5.05. The number of tetrazole rings is 1. The van der Waals surface area contributed by atoms with Crippen LogP contribution in [0.3, 0.4) is 0 Å². The van der Waals surface area contributed by atoms with Gasteiger partial charge in [-0.3, -0.25) is 4.79 Å². The highest BCUT2D eigenvalue weighted by Crippen LogP contribution is 1.98. The molecular weight excluding hydrogens is 216 g/mol. The molecule has 1 heterocycles. The molecule has 8 heteroatoms. The first-order valence-corrected chi connectivity index (χ1v) is 5.88. The average molecular weight is 230 g/mol. The van der Waals surface area contributed by atoms with E-state index in [9.17, 15) is 4.79 Å². The lowest BCUT2D eigenvalue weighted by atomic mass is 10.2. The lowest BCUT2D eigenvalue weighted by molar-refractivity contribution is -0.122. The highest BCUT2D eigenvalue weighted by Gasteiger charge is 2.12. The van der Waals surface area contributed by atoms with Crippen molar-refractivity contribution in [1.82, 2.24) is 25.9 Å². The number of carbonyl (C=O) groups is 1. The minimum Gasteiger partial charge on any atom is -0.347 e. The van der Waals surface area contributed by atoms with E-state index < -0.39 is 6.04 Å². The summed E-state index contributed by atoms with van der Waals surface area (Å²) in [5.74, 6) is 1.13. The Morgan fingerprint density at radius 1 is 1.73 bits per heavy atom. The van der Waals surface area contributed by atoms with Crippen molar-refractivity contribution in [3.63, 3.8) is 0 Å². The SMILES string of the molecule is CSCC[C@@H](N)C(=O)NCc1nn[nH]n1. The van der Waals surface area contributed by atoms with E-state index in [1.165, 1.54) is 0 Å². The molecule has 0 saturated carbocycles.